The van der Waals surface area contributed by atoms with Crippen molar-refractivity contribution in [1.82, 2.24) is 0 Å². The van der Waals surface area contributed by atoms with E-state index in [0.29, 0.717) is 12.8 Å². The summed E-state index contributed by atoms with van der Waals surface area (Å²) in [4.78, 5) is 24.1. The second kappa shape index (κ2) is 32.3. The van der Waals surface area contributed by atoms with Crippen LogP contribution in [0.15, 0.2) is 0 Å². The third kappa shape index (κ3) is 35.3. The van der Waals surface area contributed by atoms with E-state index in [1.165, 1.54) is 141 Å². The van der Waals surface area contributed by atoms with Crippen LogP contribution in [-0.4, -0.2) is 24.6 Å². The van der Waals surface area contributed by atoms with Gasteiger partial charge < -0.3 is 9.47 Å². The highest BCUT2D eigenvalue weighted by Gasteiger charge is 2.12. The Morgan fingerprint density at radius 1 is 0.395 bits per heavy atom. The van der Waals surface area contributed by atoms with E-state index < -0.39 is 0 Å². The molecule has 0 heterocycles. The van der Waals surface area contributed by atoms with Gasteiger partial charge in [-0.05, 0) is 31.6 Å². The standard InChI is InChI=1S/C39H76O4/c1-35(2)30-26-22-18-14-10-6-8-12-16-20-24-28-32-38(40)42-34-37(5)43-39(41)33-29-25-21-17-13-9-7-11-15-19-23-27-31-36(3)4/h35-37H,6-34H2,1-5H3. The molecule has 0 saturated heterocycles. The largest absolute Gasteiger partial charge is 0.462 e. The average Bonchev–Trinajstić information content (AvgIpc) is 2.96. The summed E-state index contributed by atoms with van der Waals surface area (Å²) in [6.07, 6.45) is 34.3. The van der Waals surface area contributed by atoms with Crippen LogP contribution in [0, 0.1) is 11.8 Å². The molecule has 0 rings (SSSR count). The number of carbonyl (C=O) groups is 2. The fourth-order valence-corrected chi connectivity index (χ4v) is 5.78. The Hall–Kier alpha value is -1.06. The fraction of sp³-hybridized carbons (Fsp3) is 0.949. The summed E-state index contributed by atoms with van der Waals surface area (Å²) in [5.74, 6) is 1.36. The second-order valence-electron chi connectivity index (χ2n) is 14.3. The van der Waals surface area contributed by atoms with Gasteiger partial charge in [0.1, 0.15) is 12.7 Å². The summed E-state index contributed by atoms with van der Waals surface area (Å²) in [5.41, 5.74) is 0. The number of esters is 2. The molecule has 43 heavy (non-hydrogen) atoms. The van der Waals surface area contributed by atoms with E-state index in [1.54, 1.807) is 0 Å². The van der Waals surface area contributed by atoms with Crippen molar-refractivity contribution in [3.63, 3.8) is 0 Å². The molecule has 0 fully saturated rings. The van der Waals surface area contributed by atoms with Gasteiger partial charge in [0.2, 0.25) is 0 Å². The molecule has 0 aliphatic heterocycles. The van der Waals surface area contributed by atoms with Crippen molar-refractivity contribution in [2.24, 2.45) is 11.8 Å². The van der Waals surface area contributed by atoms with Crippen LogP contribution in [0.1, 0.15) is 214 Å². The van der Waals surface area contributed by atoms with E-state index >= 15 is 0 Å². The van der Waals surface area contributed by atoms with Crippen molar-refractivity contribution in [2.75, 3.05) is 6.61 Å². The molecule has 0 radical (unpaired) electrons. The lowest BCUT2D eigenvalue weighted by Crippen LogP contribution is -2.22. The number of hydrogen-bond acceptors (Lipinski definition) is 4. The number of rotatable bonds is 33. The Morgan fingerprint density at radius 3 is 1.00 bits per heavy atom. The molecule has 4 heteroatoms. The monoisotopic (exact) mass is 609 g/mol. The fourth-order valence-electron chi connectivity index (χ4n) is 5.78. The zero-order valence-corrected chi connectivity index (χ0v) is 29.9. The van der Waals surface area contributed by atoms with Gasteiger partial charge in [0, 0.05) is 12.8 Å². The van der Waals surface area contributed by atoms with Crippen molar-refractivity contribution < 1.29 is 19.1 Å². The van der Waals surface area contributed by atoms with Crippen LogP contribution in [-0.2, 0) is 19.1 Å². The molecule has 0 aromatic heterocycles. The zero-order valence-electron chi connectivity index (χ0n) is 29.9. The summed E-state index contributed by atoms with van der Waals surface area (Å²) >= 11 is 0. The van der Waals surface area contributed by atoms with Crippen LogP contribution in [0.2, 0.25) is 0 Å². The van der Waals surface area contributed by atoms with Gasteiger partial charge in [-0.3, -0.25) is 9.59 Å². The SMILES string of the molecule is CC(C)CCCCCCCCCCCCCCC(=O)OCC(C)OC(=O)CCCCCCCCCCCCCCC(C)C. The number of hydrogen-bond donors (Lipinski definition) is 0. The van der Waals surface area contributed by atoms with Gasteiger partial charge >= 0.3 is 11.9 Å². The quantitative estimate of drug-likeness (QED) is 0.0549. The van der Waals surface area contributed by atoms with Gasteiger partial charge in [-0.25, -0.2) is 0 Å². The Morgan fingerprint density at radius 2 is 0.674 bits per heavy atom. The zero-order chi connectivity index (χ0) is 31.8. The molecule has 0 aromatic rings. The predicted octanol–water partition coefficient (Wildman–Crippen LogP) is 12.7. The van der Waals surface area contributed by atoms with Crippen LogP contribution in [0.3, 0.4) is 0 Å². The molecule has 0 saturated carbocycles. The molecule has 0 aliphatic carbocycles. The van der Waals surface area contributed by atoms with Gasteiger partial charge in [0.15, 0.2) is 0 Å². The third-order valence-electron chi connectivity index (χ3n) is 8.64. The molecule has 1 unspecified atom stereocenters. The molecule has 0 amide bonds. The lowest BCUT2D eigenvalue weighted by Gasteiger charge is -2.13. The maximum Gasteiger partial charge on any atom is 0.306 e. The van der Waals surface area contributed by atoms with Gasteiger partial charge in [-0.2, -0.15) is 0 Å². The first-order valence-corrected chi connectivity index (χ1v) is 19.2. The molecule has 4 nitrogen and oxygen atoms in total. The highest BCUT2D eigenvalue weighted by Crippen LogP contribution is 2.16. The van der Waals surface area contributed by atoms with Crippen LogP contribution < -0.4 is 0 Å². The van der Waals surface area contributed by atoms with Crippen molar-refractivity contribution >= 4 is 11.9 Å². The molecular formula is C39H76O4. The van der Waals surface area contributed by atoms with E-state index in [4.69, 9.17) is 9.47 Å². The normalized spacial score (nSPS) is 12.3. The van der Waals surface area contributed by atoms with E-state index in [-0.39, 0.29) is 24.6 Å². The Bertz CT molecular complexity index is 600. The maximum atomic E-state index is 12.1. The first kappa shape index (κ1) is 41.9. The smallest absolute Gasteiger partial charge is 0.306 e. The van der Waals surface area contributed by atoms with Crippen molar-refractivity contribution in [1.29, 1.82) is 0 Å². The maximum absolute atomic E-state index is 12.1. The van der Waals surface area contributed by atoms with E-state index in [1.807, 2.05) is 6.92 Å². The molecule has 0 aliphatic rings. The minimum Gasteiger partial charge on any atom is -0.462 e. The lowest BCUT2D eigenvalue weighted by molar-refractivity contribution is -0.158. The molecule has 0 bridgehead atoms. The molecule has 256 valence electrons. The molecule has 0 spiro atoms. The van der Waals surface area contributed by atoms with Gasteiger partial charge in [0.05, 0.1) is 0 Å². The second-order valence-corrected chi connectivity index (χ2v) is 14.3. The minimum absolute atomic E-state index is 0.167. The Balaban J connectivity index is 3.40. The van der Waals surface area contributed by atoms with E-state index in [2.05, 4.69) is 27.7 Å². The van der Waals surface area contributed by atoms with Crippen LogP contribution >= 0.6 is 0 Å². The van der Waals surface area contributed by atoms with Gasteiger partial charge in [-0.1, -0.05) is 182 Å². The molecule has 0 aromatic carbocycles. The highest BCUT2D eigenvalue weighted by atomic mass is 16.6. The van der Waals surface area contributed by atoms with Crippen molar-refractivity contribution in [2.45, 2.75) is 221 Å². The average molecular weight is 609 g/mol. The van der Waals surface area contributed by atoms with Crippen LogP contribution in [0.5, 0.6) is 0 Å². The Kier molecular flexibility index (Phi) is 31.5. The lowest BCUT2D eigenvalue weighted by atomic mass is 10.0. The number of unbranched alkanes of at least 4 members (excludes halogenated alkanes) is 22. The summed E-state index contributed by atoms with van der Waals surface area (Å²) in [5, 5.41) is 0. The molecule has 0 N–H and O–H groups in total. The van der Waals surface area contributed by atoms with Gasteiger partial charge in [0.25, 0.3) is 0 Å². The first-order chi connectivity index (χ1) is 20.8. The summed E-state index contributed by atoms with van der Waals surface area (Å²) in [6.45, 7) is 11.2. The van der Waals surface area contributed by atoms with E-state index in [0.717, 1.165) is 37.5 Å². The highest BCUT2D eigenvalue weighted by molar-refractivity contribution is 5.70. The minimum atomic E-state index is -0.369. The topological polar surface area (TPSA) is 52.6 Å². The summed E-state index contributed by atoms with van der Waals surface area (Å²) < 4.78 is 10.8. The molecule has 1 atom stereocenters. The van der Waals surface area contributed by atoms with Crippen molar-refractivity contribution in [3.8, 4) is 0 Å². The number of ether oxygens (including phenoxy) is 2. The van der Waals surface area contributed by atoms with Crippen LogP contribution in [0.4, 0.5) is 0 Å². The van der Waals surface area contributed by atoms with E-state index in [9.17, 15) is 9.59 Å². The predicted molar refractivity (Wildman–Crippen MR) is 185 cm³/mol. The first-order valence-electron chi connectivity index (χ1n) is 19.2. The van der Waals surface area contributed by atoms with Crippen molar-refractivity contribution in [3.05, 3.63) is 0 Å². The summed E-state index contributed by atoms with van der Waals surface area (Å²) in [6, 6.07) is 0. The third-order valence-corrected chi connectivity index (χ3v) is 8.64. The summed E-state index contributed by atoms with van der Waals surface area (Å²) in [7, 11) is 0. The van der Waals surface area contributed by atoms with Crippen LogP contribution in [0.25, 0.3) is 0 Å². The number of carbonyl (C=O) groups excluding carboxylic acids is 2. The molecular weight excluding hydrogens is 532 g/mol. The van der Waals surface area contributed by atoms with Gasteiger partial charge in [-0.15, -0.1) is 0 Å². The Labute approximate surface area is 269 Å².